The summed E-state index contributed by atoms with van der Waals surface area (Å²) >= 11 is 0. The van der Waals surface area contributed by atoms with Crippen LogP contribution >= 0.6 is 0 Å². The number of amides is 1. The van der Waals surface area contributed by atoms with E-state index in [1.165, 1.54) is 0 Å². The van der Waals surface area contributed by atoms with Crippen LogP contribution in [-0.2, 0) is 4.79 Å². The van der Waals surface area contributed by atoms with Crippen LogP contribution in [0.2, 0.25) is 0 Å². The predicted molar refractivity (Wildman–Crippen MR) is 70.6 cm³/mol. The number of hydrogen-bond donors (Lipinski definition) is 1. The van der Waals surface area contributed by atoms with E-state index in [2.05, 4.69) is 23.5 Å². The van der Waals surface area contributed by atoms with E-state index in [0.717, 1.165) is 5.57 Å². The summed E-state index contributed by atoms with van der Waals surface area (Å²) < 4.78 is 0. The van der Waals surface area contributed by atoms with Gasteiger partial charge in [-0.15, -0.1) is 0 Å². The molecule has 1 aromatic rings. The average molecular weight is 228 g/mol. The van der Waals surface area contributed by atoms with Crippen molar-refractivity contribution >= 4 is 11.7 Å². The lowest BCUT2D eigenvalue weighted by Crippen LogP contribution is -2.15. The topological polar surface area (TPSA) is 42.0 Å². The molecule has 0 aromatic carbocycles. The van der Waals surface area contributed by atoms with Crippen molar-refractivity contribution < 1.29 is 4.79 Å². The molecule has 0 aliphatic heterocycles. The molecule has 0 radical (unpaired) electrons. The van der Waals surface area contributed by atoms with Crippen LogP contribution in [0.25, 0.3) is 0 Å². The van der Waals surface area contributed by atoms with Crippen molar-refractivity contribution in [2.24, 2.45) is 0 Å². The molecule has 0 fully saturated rings. The SMILES string of the molecule is C=CC(=C)C/C(=C/C)C(=O)Nc1ccccn1. The normalized spacial score (nSPS) is 10.8. The number of carbonyl (C=O) groups is 1. The van der Waals surface area contributed by atoms with Crippen molar-refractivity contribution in [2.45, 2.75) is 13.3 Å². The van der Waals surface area contributed by atoms with E-state index in [4.69, 9.17) is 0 Å². The van der Waals surface area contributed by atoms with E-state index in [0.29, 0.717) is 17.8 Å². The van der Waals surface area contributed by atoms with Gasteiger partial charge in [-0.3, -0.25) is 4.79 Å². The Kier molecular flexibility index (Phi) is 4.88. The first kappa shape index (κ1) is 12.9. The number of rotatable bonds is 5. The first-order valence-electron chi connectivity index (χ1n) is 5.35. The fraction of sp³-hybridized carbons (Fsp3) is 0.143. The molecule has 1 amide bonds. The van der Waals surface area contributed by atoms with Crippen LogP contribution in [0.4, 0.5) is 5.82 Å². The van der Waals surface area contributed by atoms with Gasteiger partial charge in [0.1, 0.15) is 5.82 Å². The summed E-state index contributed by atoms with van der Waals surface area (Å²) in [7, 11) is 0. The molecule has 3 nitrogen and oxygen atoms in total. The minimum absolute atomic E-state index is 0.158. The van der Waals surface area contributed by atoms with E-state index in [1.54, 1.807) is 30.5 Å². The summed E-state index contributed by atoms with van der Waals surface area (Å²) in [4.78, 5) is 15.9. The zero-order valence-electron chi connectivity index (χ0n) is 9.94. The van der Waals surface area contributed by atoms with Crippen molar-refractivity contribution in [3.8, 4) is 0 Å². The smallest absolute Gasteiger partial charge is 0.252 e. The molecule has 3 heteroatoms. The third kappa shape index (κ3) is 4.07. The molecule has 0 aliphatic carbocycles. The van der Waals surface area contributed by atoms with Crippen LogP contribution in [0.3, 0.4) is 0 Å². The lowest BCUT2D eigenvalue weighted by Gasteiger charge is -2.07. The zero-order chi connectivity index (χ0) is 12.7. The van der Waals surface area contributed by atoms with Crippen molar-refractivity contribution in [1.82, 2.24) is 4.98 Å². The molecule has 0 atom stereocenters. The zero-order valence-corrected chi connectivity index (χ0v) is 9.94. The second-order valence-corrected chi connectivity index (χ2v) is 3.52. The Morgan fingerprint density at radius 1 is 1.53 bits per heavy atom. The van der Waals surface area contributed by atoms with E-state index in [1.807, 2.05) is 13.0 Å². The van der Waals surface area contributed by atoms with Gasteiger partial charge >= 0.3 is 0 Å². The lowest BCUT2D eigenvalue weighted by molar-refractivity contribution is -0.112. The van der Waals surface area contributed by atoms with Crippen molar-refractivity contribution in [3.63, 3.8) is 0 Å². The molecular weight excluding hydrogens is 212 g/mol. The fourth-order valence-electron chi connectivity index (χ4n) is 1.26. The van der Waals surface area contributed by atoms with Gasteiger partial charge in [0, 0.05) is 18.2 Å². The standard InChI is InChI=1S/C14H16N2O/c1-4-11(3)10-12(5-2)14(17)16-13-8-6-7-9-15-13/h4-9H,1,3,10H2,2H3,(H,15,16,17)/b12-5-. The second kappa shape index (κ2) is 6.43. The third-order valence-corrected chi connectivity index (χ3v) is 2.25. The number of hydrogen-bond acceptors (Lipinski definition) is 2. The summed E-state index contributed by atoms with van der Waals surface area (Å²) in [6.07, 6.45) is 5.55. The summed E-state index contributed by atoms with van der Waals surface area (Å²) in [6, 6.07) is 5.36. The molecule has 0 aliphatic rings. The molecule has 88 valence electrons. The molecule has 1 rings (SSSR count). The molecule has 0 saturated heterocycles. The van der Waals surface area contributed by atoms with Crippen molar-refractivity contribution in [3.05, 3.63) is 60.9 Å². The van der Waals surface area contributed by atoms with Gasteiger partial charge in [-0.05, 0) is 19.1 Å². The monoisotopic (exact) mass is 228 g/mol. The summed E-state index contributed by atoms with van der Waals surface area (Å²) in [5.41, 5.74) is 1.47. The summed E-state index contributed by atoms with van der Waals surface area (Å²) in [6.45, 7) is 9.24. The third-order valence-electron chi connectivity index (χ3n) is 2.25. The van der Waals surface area contributed by atoms with Gasteiger partial charge in [0.2, 0.25) is 0 Å². The Bertz CT molecular complexity index is 447. The van der Waals surface area contributed by atoms with Crippen molar-refractivity contribution in [2.75, 3.05) is 5.32 Å². The van der Waals surface area contributed by atoms with Gasteiger partial charge in [0.05, 0.1) is 0 Å². The van der Waals surface area contributed by atoms with Gasteiger partial charge in [-0.1, -0.05) is 36.9 Å². The van der Waals surface area contributed by atoms with Crippen LogP contribution in [0.5, 0.6) is 0 Å². The number of aromatic nitrogens is 1. The van der Waals surface area contributed by atoms with Crippen LogP contribution < -0.4 is 5.32 Å². The molecule has 0 bridgehead atoms. The maximum atomic E-state index is 11.9. The largest absolute Gasteiger partial charge is 0.307 e. The first-order chi connectivity index (χ1) is 8.17. The van der Waals surface area contributed by atoms with Crippen LogP contribution in [0, 0.1) is 0 Å². The number of nitrogens with one attached hydrogen (secondary N) is 1. The van der Waals surface area contributed by atoms with Crippen LogP contribution in [0.15, 0.2) is 60.9 Å². The molecule has 0 spiro atoms. The van der Waals surface area contributed by atoms with E-state index < -0.39 is 0 Å². The molecule has 1 heterocycles. The number of carbonyl (C=O) groups excluding carboxylic acids is 1. The molecule has 1 N–H and O–H groups in total. The molecule has 0 unspecified atom stereocenters. The maximum absolute atomic E-state index is 11.9. The molecule has 0 saturated carbocycles. The Hall–Kier alpha value is -2.16. The predicted octanol–water partition coefficient (Wildman–Crippen LogP) is 3.10. The number of nitrogens with zero attached hydrogens (tertiary/aromatic N) is 1. The van der Waals surface area contributed by atoms with Crippen molar-refractivity contribution in [1.29, 1.82) is 0 Å². The number of anilines is 1. The second-order valence-electron chi connectivity index (χ2n) is 3.52. The van der Waals surface area contributed by atoms with Gasteiger partial charge in [0.15, 0.2) is 0 Å². The minimum Gasteiger partial charge on any atom is -0.307 e. The van der Waals surface area contributed by atoms with Crippen LogP contribution in [0.1, 0.15) is 13.3 Å². The van der Waals surface area contributed by atoms with Gasteiger partial charge in [-0.25, -0.2) is 4.98 Å². The quantitative estimate of drug-likeness (QED) is 0.621. The Morgan fingerprint density at radius 2 is 2.29 bits per heavy atom. The molecular formula is C14H16N2O. The van der Waals surface area contributed by atoms with Gasteiger partial charge < -0.3 is 5.32 Å². The summed E-state index contributed by atoms with van der Waals surface area (Å²) in [5.74, 6) is 0.385. The summed E-state index contributed by atoms with van der Waals surface area (Å²) in [5, 5.41) is 2.73. The first-order valence-corrected chi connectivity index (χ1v) is 5.35. The molecule has 17 heavy (non-hydrogen) atoms. The Labute approximate surface area is 102 Å². The fourth-order valence-corrected chi connectivity index (χ4v) is 1.26. The highest BCUT2D eigenvalue weighted by Gasteiger charge is 2.09. The van der Waals surface area contributed by atoms with Crippen LogP contribution in [-0.4, -0.2) is 10.9 Å². The lowest BCUT2D eigenvalue weighted by atomic mass is 10.1. The van der Waals surface area contributed by atoms with Gasteiger partial charge in [-0.2, -0.15) is 0 Å². The Morgan fingerprint density at radius 3 is 2.82 bits per heavy atom. The maximum Gasteiger partial charge on any atom is 0.252 e. The number of pyridine rings is 1. The van der Waals surface area contributed by atoms with E-state index in [9.17, 15) is 4.79 Å². The van der Waals surface area contributed by atoms with Gasteiger partial charge in [0.25, 0.3) is 5.91 Å². The van der Waals surface area contributed by atoms with E-state index >= 15 is 0 Å². The highest BCUT2D eigenvalue weighted by Crippen LogP contribution is 2.12. The van der Waals surface area contributed by atoms with E-state index in [-0.39, 0.29) is 5.91 Å². The highest BCUT2D eigenvalue weighted by atomic mass is 16.1. The minimum atomic E-state index is -0.158. The molecule has 1 aromatic heterocycles. The highest BCUT2D eigenvalue weighted by molar-refractivity contribution is 6.03. The average Bonchev–Trinajstić information content (AvgIpc) is 2.36. The Balaban J connectivity index is 2.69. The number of allylic oxidation sites excluding steroid dienone is 3.